The Morgan fingerprint density at radius 2 is 2.18 bits per heavy atom. The van der Waals surface area contributed by atoms with Crippen molar-refractivity contribution in [1.29, 1.82) is 0 Å². The zero-order valence-electron chi connectivity index (χ0n) is 9.54. The number of alkyl halides is 3. The standard InChI is InChI=1S/C10H16F3NO3/c1-7-4-14(3-2-8(7)15)9(16)5-17-6-10(11,12)13/h7-8,15H,2-6H2,1H3. The number of aliphatic hydroxyl groups excluding tert-OH is 1. The molecule has 1 heterocycles. The van der Waals surface area contributed by atoms with E-state index in [9.17, 15) is 23.1 Å². The number of amides is 1. The molecule has 1 N–H and O–H groups in total. The minimum absolute atomic E-state index is 0.0599. The maximum absolute atomic E-state index is 11.8. The van der Waals surface area contributed by atoms with Gasteiger partial charge in [0.15, 0.2) is 0 Å². The maximum atomic E-state index is 11.8. The van der Waals surface area contributed by atoms with Crippen LogP contribution in [0.5, 0.6) is 0 Å². The molecule has 0 spiro atoms. The largest absolute Gasteiger partial charge is 0.411 e. The van der Waals surface area contributed by atoms with Gasteiger partial charge in [0.1, 0.15) is 13.2 Å². The lowest BCUT2D eigenvalue weighted by atomic mass is 9.97. The lowest BCUT2D eigenvalue weighted by Gasteiger charge is -2.34. The van der Waals surface area contributed by atoms with Crippen molar-refractivity contribution in [3.63, 3.8) is 0 Å². The van der Waals surface area contributed by atoms with Crippen LogP contribution in [0.1, 0.15) is 13.3 Å². The summed E-state index contributed by atoms with van der Waals surface area (Å²) in [4.78, 5) is 12.9. The lowest BCUT2D eigenvalue weighted by Crippen LogP contribution is -2.46. The van der Waals surface area contributed by atoms with E-state index in [1.807, 2.05) is 0 Å². The number of halogens is 3. The van der Waals surface area contributed by atoms with E-state index in [1.54, 1.807) is 6.92 Å². The quantitative estimate of drug-likeness (QED) is 0.811. The summed E-state index contributed by atoms with van der Waals surface area (Å²) >= 11 is 0. The number of aliphatic hydroxyl groups is 1. The van der Waals surface area contributed by atoms with Gasteiger partial charge < -0.3 is 14.7 Å². The fourth-order valence-electron chi connectivity index (χ4n) is 1.71. The number of rotatable bonds is 3. The SMILES string of the molecule is CC1CN(C(=O)COCC(F)(F)F)CCC1O. The van der Waals surface area contributed by atoms with E-state index in [0.717, 1.165) is 0 Å². The zero-order chi connectivity index (χ0) is 13.1. The number of likely N-dealkylation sites (tertiary alicyclic amines) is 1. The number of hydrogen-bond donors (Lipinski definition) is 1. The van der Waals surface area contributed by atoms with Gasteiger partial charge >= 0.3 is 6.18 Å². The summed E-state index contributed by atoms with van der Waals surface area (Å²) in [6, 6.07) is 0. The third-order valence-electron chi connectivity index (χ3n) is 2.70. The summed E-state index contributed by atoms with van der Waals surface area (Å²) in [6.45, 7) is 0.531. The van der Waals surface area contributed by atoms with Gasteiger partial charge in [-0.05, 0) is 12.3 Å². The normalized spacial score (nSPS) is 26.1. The highest BCUT2D eigenvalue weighted by atomic mass is 19.4. The molecule has 7 heteroatoms. The molecule has 0 aromatic rings. The smallest absolute Gasteiger partial charge is 0.393 e. The van der Waals surface area contributed by atoms with Crippen LogP contribution in [-0.4, -0.2) is 54.5 Å². The Bertz CT molecular complexity index is 270. The van der Waals surface area contributed by atoms with Crippen molar-refractivity contribution in [3.8, 4) is 0 Å². The molecule has 2 atom stereocenters. The first kappa shape index (κ1) is 14.2. The molecule has 0 saturated carbocycles. The average molecular weight is 255 g/mol. The van der Waals surface area contributed by atoms with Gasteiger partial charge in [-0.2, -0.15) is 13.2 Å². The first-order valence-electron chi connectivity index (χ1n) is 5.40. The van der Waals surface area contributed by atoms with Gasteiger partial charge in [-0.3, -0.25) is 4.79 Å². The summed E-state index contributed by atoms with van der Waals surface area (Å²) < 4.78 is 39.6. The van der Waals surface area contributed by atoms with Crippen molar-refractivity contribution in [2.75, 3.05) is 26.3 Å². The van der Waals surface area contributed by atoms with Crippen LogP contribution in [0.2, 0.25) is 0 Å². The highest BCUT2D eigenvalue weighted by Gasteiger charge is 2.30. The Kier molecular flexibility index (Phi) is 4.76. The molecule has 1 amide bonds. The van der Waals surface area contributed by atoms with E-state index in [2.05, 4.69) is 4.74 Å². The predicted octanol–water partition coefficient (Wildman–Crippen LogP) is 0.795. The molecule has 4 nitrogen and oxygen atoms in total. The molecule has 0 aromatic carbocycles. The molecular weight excluding hydrogens is 239 g/mol. The van der Waals surface area contributed by atoms with Gasteiger partial charge in [0, 0.05) is 13.1 Å². The van der Waals surface area contributed by atoms with Gasteiger partial charge in [-0.15, -0.1) is 0 Å². The first-order valence-corrected chi connectivity index (χ1v) is 5.40. The van der Waals surface area contributed by atoms with Crippen LogP contribution in [-0.2, 0) is 9.53 Å². The van der Waals surface area contributed by atoms with Crippen molar-refractivity contribution in [1.82, 2.24) is 4.90 Å². The Hall–Kier alpha value is -0.820. The van der Waals surface area contributed by atoms with Gasteiger partial charge in [0.2, 0.25) is 5.91 Å². The van der Waals surface area contributed by atoms with Crippen molar-refractivity contribution < 1.29 is 27.8 Å². The lowest BCUT2D eigenvalue weighted by molar-refractivity contribution is -0.178. The highest BCUT2D eigenvalue weighted by molar-refractivity contribution is 5.77. The van der Waals surface area contributed by atoms with E-state index in [4.69, 9.17) is 0 Å². The molecular formula is C10H16F3NO3. The van der Waals surface area contributed by atoms with Gasteiger partial charge in [-0.1, -0.05) is 6.92 Å². The van der Waals surface area contributed by atoms with E-state index in [-0.39, 0.29) is 5.92 Å². The third kappa shape index (κ3) is 4.91. The second kappa shape index (κ2) is 5.68. The molecule has 1 fully saturated rings. The summed E-state index contributed by atoms with van der Waals surface area (Å²) in [7, 11) is 0. The summed E-state index contributed by atoms with van der Waals surface area (Å²) in [5.41, 5.74) is 0. The molecule has 0 radical (unpaired) electrons. The zero-order valence-corrected chi connectivity index (χ0v) is 9.54. The van der Waals surface area contributed by atoms with Crippen LogP contribution in [0.3, 0.4) is 0 Å². The number of carbonyl (C=O) groups is 1. The molecule has 1 saturated heterocycles. The average Bonchev–Trinajstić information content (AvgIpc) is 2.20. The summed E-state index contributed by atoms with van der Waals surface area (Å²) in [5, 5.41) is 9.44. The van der Waals surface area contributed by atoms with Crippen molar-refractivity contribution >= 4 is 5.91 Å². The fraction of sp³-hybridized carbons (Fsp3) is 0.900. The second-order valence-corrected chi connectivity index (χ2v) is 4.28. The summed E-state index contributed by atoms with van der Waals surface area (Å²) in [5.74, 6) is -0.525. The number of nitrogens with zero attached hydrogens (tertiary/aromatic N) is 1. The number of piperidine rings is 1. The van der Waals surface area contributed by atoms with Crippen LogP contribution < -0.4 is 0 Å². The van der Waals surface area contributed by atoms with Gasteiger partial charge in [0.25, 0.3) is 0 Å². The molecule has 2 unspecified atom stereocenters. The topological polar surface area (TPSA) is 49.8 Å². The van der Waals surface area contributed by atoms with Crippen molar-refractivity contribution in [3.05, 3.63) is 0 Å². The Morgan fingerprint density at radius 1 is 1.53 bits per heavy atom. The maximum Gasteiger partial charge on any atom is 0.411 e. The minimum Gasteiger partial charge on any atom is -0.393 e. The molecule has 17 heavy (non-hydrogen) atoms. The number of ether oxygens (including phenoxy) is 1. The molecule has 0 aromatic heterocycles. The van der Waals surface area contributed by atoms with Crippen LogP contribution in [0.4, 0.5) is 13.2 Å². The second-order valence-electron chi connectivity index (χ2n) is 4.28. The summed E-state index contributed by atoms with van der Waals surface area (Å²) in [6.07, 6.45) is -4.41. The molecule has 0 aliphatic carbocycles. The van der Waals surface area contributed by atoms with Crippen LogP contribution in [0, 0.1) is 5.92 Å². The highest BCUT2D eigenvalue weighted by Crippen LogP contribution is 2.17. The van der Waals surface area contributed by atoms with E-state index in [0.29, 0.717) is 19.5 Å². The Morgan fingerprint density at radius 3 is 2.71 bits per heavy atom. The van der Waals surface area contributed by atoms with E-state index >= 15 is 0 Å². The fourth-order valence-corrected chi connectivity index (χ4v) is 1.71. The molecule has 1 rings (SSSR count). The molecule has 1 aliphatic heterocycles. The Balaban J connectivity index is 2.29. The molecule has 0 bridgehead atoms. The van der Waals surface area contributed by atoms with E-state index < -0.39 is 31.4 Å². The third-order valence-corrected chi connectivity index (χ3v) is 2.70. The van der Waals surface area contributed by atoms with Gasteiger partial charge in [-0.25, -0.2) is 0 Å². The minimum atomic E-state index is -4.41. The van der Waals surface area contributed by atoms with Gasteiger partial charge in [0.05, 0.1) is 6.10 Å². The van der Waals surface area contributed by atoms with Crippen LogP contribution in [0.15, 0.2) is 0 Å². The predicted molar refractivity (Wildman–Crippen MR) is 53.2 cm³/mol. The monoisotopic (exact) mass is 255 g/mol. The van der Waals surface area contributed by atoms with Crippen LogP contribution in [0.25, 0.3) is 0 Å². The van der Waals surface area contributed by atoms with E-state index in [1.165, 1.54) is 4.90 Å². The number of carbonyl (C=O) groups excluding carboxylic acids is 1. The molecule has 100 valence electrons. The van der Waals surface area contributed by atoms with Crippen molar-refractivity contribution in [2.45, 2.75) is 25.6 Å². The van der Waals surface area contributed by atoms with Crippen molar-refractivity contribution in [2.24, 2.45) is 5.92 Å². The molecule has 1 aliphatic rings. The number of hydrogen-bond acceptors (Lipinski definition) is 3. The Labute approximate surface area is 97.3 Å². The first-order chi connectivity index (χ1) is 7.79. The van der Waals surface area contributed by atoms with Crippen LogP contribution >= 0.6 is 0 Å².